The molecule has 0 unspecified atom stereocenters. The molecular weight excluding hydrogens is 132 g/mol. The molecule has 11 heavy (non-hydrogen) atoms. The van der Waals surface area contributed by atoms with Gasteiger partial charge >= 0.3 is 0 Å². The molecule has 0 aromatic heterocycles. The molecule has 0 bridgehead atoms. The van der Waals surface area contributed by atoms with Crippen LogP contribution in [0.4, 0.5) is 0 Å². The molecule has 0 aliphatic heterocycles. The van der Waals surface area contributed by atoms with Gasteiger partial charge in [-0.15, -0.1) is 0 Å². The van der Waals surface area contributed by atoms with E-state index in [0.29, 0.717) is 6.04 Å². The first-order valence-electron chi connectivity index (χ1n) is 5.33. The van der Waals surface area contributed by atoms with E-state index in [-0.39, 0.29) is 17.5 Å². The number of hydrogen-bond donors (Lipinski definition) is 0. The molecule has 1 aromatic rings. The van der Waals surface area contributed by atoms with Crippen molar-refractivity contribution >= 4 is 0 Å². The Balaban J connectivity index is 3.53. The van der Waals surface area contributed by atoms with Gasteiger partial charge in [-0.25, -0.2) is 0 Å². The van der Waals surface area contributed by atoms with Crippen molar-refractivity contribution in [1.29, 1.82) is 0 Å². The van der Waals surface area contributed by atoms with Gasteiger partial charge in [-0.2, -0.15) is 0 Å². The molecule has 0 aliphatic carbocycles. The van der Waals surface area contributed by atoms with Crippen molar-refractivity contribution in [3.8, 4) is 0 Å². The molecule has 60 valence electrons. The van der Waals surface area contributed by atoms with E-state index in [9.17, 15) is 0 Å². The minimum atomic E-state index is -0.134. The standard InChI is InChI=1S/C11H16/c1-9-7-5-6-8-10(9)11(2,3)4/h5-8H,1-4H3/i5D,7D,8D. The van der Waals surface area contributed by atoms with Gasteiger partial charge in [0, 0.05) is 0 Å². The van der Waals surface area contributed by atoms with Crippen molar-refractivity contribution < 1.29 is 4.11 Å². The van der Waals surface area contributed by atoms with Crippen LogP contribution >= 0.6 is 0 Å². The fourth-order valence-electron chi connectivity index (χ4n) is 1.20. The first-order chi connectivity index (χ1) is 6.25. The van der Waals surface area contributed by atoms with Crippen LogP contribution in [0.15, 0.2) is 24.2 Å². The molecule has 0 heterocycles. The third kappa shape index (κ3) is 1.83. The van der Waals surface area contributed by atoms with Crippen LogP contribution in [-0.4, -0.2) is 0 Å². The van der Waals surface area contributed by atoms with E-state index < -0.39 is 0 Å². The second-order valence-corrected chi connectivity index (χ2v) is 3.81. The summed E-state index contributed by atoms with van der Waals surface area (Å²) in [6, 6.07) is 2.21. The van der Waals surface area contributed by atoms with Crippen molar-refractivity contribution in [1.82, 2.24) is 0 Å². The van der Waals surface area contributed by atoms with Crippen molar-refractivity contribution in [3.63, 3.8) is 0 Å². The summed E-state index contributed by atoms with van der Waals surface area (Å²) in [5.74, 6) is 0. The first-order valence-corrected chi connectivity index (χ1v) is 3.83. The van der Waals surface area contributed by atoms with Gasteiger partial charge in [0.25, 0.3) is 0 Å². The third-order valence-corrected chi connectivity index (χ3v) is 1.67. The normalized spacial score (nSPS) is 15.5. The van der Waals surface area contributed by atoms with Crippen LogP contribution in [-0.2, 0) is 5.41 Å². The van der Waals surface area contributed by atoms with Crippen LogP contribution in [0.1, 0.15) is 36.0 Å². The van der Waals surface area contributed by atoms with Crippen LogP contribution in [0.25, 0.3) is 0 Å². The molecule has 0 aliphatic rings. The Labute approximate surface area is 73.5 Å². The van der Waals surface area contributed by atoms with Gasteiger partial charge in [0.15, 0.2) is 0 Å². The van der Waals surface area contributed by atoms with Gasteiger partial charge in [-0.05, 0) is 23.5 Å². The van der Waals surface area contributed by atoms with Crippen molar-refractivity contribution in [2.75, 3.05) is 0 Å². The number of rotatable bonds is 0. The zero-order valence-corrected chi connectivity index (χ0v) is 7.58. The molecule has 0 heteroatoms. The van der Waals surface area contributed by atoms with Gasteiger partial charge < -0.3 is 0 Å². The zero-order valence-electron chi connectivity index (χ0n) is 10.6. The second kappa shape index (κ2) is 2.69. The highest BCUT2D eigenvalue weighted by Gasteiger charge is 2.14. The first kappa shape index (κ1) is 4.97. The molecule has 1 rings (SSSR count). The highest BCUT2D eigenvalue weighted by atomic mass is 14.2. The van der Waals surface area contributed by atoms with Crippen LogP contribution in [0.3, 0.4) is 0 Å². The SMILES string of the molecule is [2H]c1cc([2H])c(C(C)(C)C)c(C)c1[2H]. The van der Waals surface area contributed by atoms with Crippen LogP contribution < -0.4 is 0 Å². The molecule has 0 spiro atoms. The van der Waals surface area contributed by atoms with Gasteiger partial charge in [-0.3, -0.25) is 0 Å². The predicted octanol–water partition coefficient (Wildman–Crippen LogP) is 3.29. The maximum absolute atomic E-state index is 7.80. The largest absolute Gasteiger partial charge is 0.0626 e. The smallest absolute Gasteiger partial charge is 0.0620 e. The summed E-state index contributed by atoms with van der Waals surface area (Å²) in [5.41, 5.74) is 1.50. The van der Waals surface area contributed by atoms with E-state index in [1.165, 1.54) is 6.07 Å². The minimum absolute atomic E-state index is 0.134. The van der Waals surface area contributed by atoms with E-state index in [1.54, 1.807) is 0 Å². The summed E-state index contributed by atoms with van der Waals surface area (Å²) in [4.78, 5) is 0. The molecular formula is C11H16. The highest BCUT2D eigenvalue weighted by molar-refractivity contribution is 5.31. The zero-order chi connectivity index (χ0) is 11.1. The van der Waals surface area contributed by atoms with Crippen molar-refractivity contribution in [3.05, 3.63) is 35.3 Å². The van der Waals surface area contributed by atoms with Gasteiger partial charge in [-0.1, -0.05) is 45.0 Å². The lowest BCUT2D eigenvalue weighted by Gasteiger charge is -2.21. The molecule has 0 amide bonds. The van der Waals surface area contributed by atoms with E-state index in [0.717, 1.165) is 11.1 Å². The lowest BCUT2D eigenvalue weighted by Crippen LogP contribution is -2.12. The molecule has 0 saturated heterocycles. The molecule has 1 aromatic carbocycles. The number of benzene rings is 1. The van der Waals surface area contributed by atoms with E-state index in [4.69, 9.17) is 4.11 Å². The molecule has 0 nitrogen and oxygen atoms in total. The maximum atomic E-state index is 7.80. The molecule has 0 fully saturated rings. The Morgan fingerprint density at radius 3 is 2.45 bits per heavy atom. The fourth-order valence-corrected chi connectivity index (χ4v) is 1.20. The fraction of sp³-hybridized carbons (Fsp3) is 0.455. The van der Waals surface area contributed by atoms with E-state index in [1.807, 2.05) is 27.7 Å². The summed E-state index contributed by atoms with van der Waals surface area (Å²) in [5, 5.41) is 0. The lowest BCUT2D eigenvalue weighted by atomic mass is 9.84. The molecule has 0 atom stereocenters. The van der Waals surface area contributed by atoms with Crippen LogP contribution in [0.2, 0.25) is 0 Å². The van der Waals surface area contributed by atoms with E-state index >= 15 is 0 Å². The number of hydrogen-bond acceptors (Lipinski definition) is 0. The second-order valence-electron chi connectivity index (χ2n) is 3.81. The Hall–Kier alpha value is -0.780. The molecule has 0 radical (unpaired) electrons. The Morgan fingerprint density at radius 2 is 1.91 bits per heavy atom. The highest BCUT2D eigenvalue weighted by Crippen LogP contribution is 2.24. The van der Waals surface area contributed by atoms with E-state index in [2.05, 4.69) is 0 Å². The average Bonchev–Trinajstić information content (AvgIpc) is 1.97. The quantitative estimate of drug-likeness (QED) is 0.533. The van der Waals surface area contributed by atoms with Crippen molar-refractivity contribution in [2.24, 2.45) is 0 Å². The summed E-state index contributed by atoms with van der Waals surface area (Å²) in [6.45, 7) is 7.89. The van der Waals surface area contributed by atoms with Crippen LogP contribution in [0.5, 0.6) is 0 Å². The molecule has 0 saturated carbocycles. The van der Waals surface area contributed by atoms with Gasteiger partial charge in [0.1, 0.15) is 0 Å². The maximum Gasteiger partial charge on any atom is 0.0626 e. The summed E-state index contributed by atoms with van der Waals surface area (Å²) in [6.07, 6.45) is 0. The topological polar surface area (TPSA) is 0 Å². The van der Waals surface area contributed by atoms with Crippen molar-refractivity contribution in [2.45, 2.75) is 33.1 Å². The summed E-state index contributed by atoms with van der Waals surface area (Å²) >= 11 is 0. The Kier molecular flexibility index (Phi) is 1.22. The van der Waals surface area contributed by atoms with Gasteiger partial charge in [0.2, 0.25) is 0 Å². The lowest BCUT2D eigenvalue weighted by molar-refractivity contribution is 0.586. The third-order valence-electron chi connectivity index (χ3n) is 1.67. The monoisotopic (exact) mass is 151 g/mol. The predicted molar refractivity (Wildman–Crippen MR) is 49.9 cm³/mol. The summed E-state index contributed by atoms with van der Waals surface area (Å²) < 4.78 is 23.0. The summed E-state index contributed by atoms with van der Waals surface area (Å²) in [7, 11) is 0. The Morgan fingerprint density at radius 1 is 1.27 bits per heavy atom. The minimum Gasteiger partial charge on any atom is -0.0620 e. The van der Waals surface area contributed by atoms with Crippen LogP contribution in [0, 0.1) is 6.92 Å². The Bertz CT molecular complexity index is 362. The average molecular weight is 151 g/mol. The van der Waals surface area contributed by atoms with Gasteiger partial charge in [0.05, 0.1) is 4.11 Å². The molecule has 0 N–H and O–H groups in total.